The fourth-order valence-corrected chi connectivity index (χ4v) is 2.62. The molecule has 1 rings (SSSR count). The zero-order valence-corrected chi connectivity index (χ0v) is 12.1. The van der Waals surface area contributed by atoms with Crippen LogP contribution in [0.4, 0.5) is 10.5 Å². The second-order valence-electron chi connectivity index (χ2n) is 4.34. The third-order valence-corrected chi connectivity index (χ3v) is 4.06. The number of amides is 2. The van der Waals surface area contributed by atoms with Crippen molar-refractivity contribution in [2.24, 2.45) is 0 Å². The Morgan fingerprint density at radius 2 is 1.84 bits per heavy atom. The number of rotatable bonds is 4. The lowest BCUT2D eigenvalue weighted by atomic mass is 10.1. The zero-order valence-electron chi connectivity index (χ0n) is 11.3. The first-order valence-electron chi connectivity index (χ1n) is 5.95. The summed E-state index contributed by atoms with van der Waals surface area (Å²) in [5.41, 5.74) is 7.52. The van der Waals surface area contributed by atoms with E-state index < -0.39 is 16.1 Å². The zero-order chi connectivity index (χ0) is 14.6. The Kier molecular flexibility index (Phi) is 4.77. The van der Waals surface area contributed by atoms with Crippen LogP contribution in [0.2, 0.25) is 0 Å². The summed E-state index contributed by atoms with van der Waals surface area (Å²) in [6.07, 6.45) is 0.721. The monoisotopic (exact) mass is 285 g/mol. The molecule has 1 aromatic rings. The Bertz CT molecular complexity index is 582. The first-order valence-corrected chi connectivity index (χ1v) is 7.43. The predicted molar refractivity (Wildman–Crippen MR) is 74.3 cm³/mol. The van der Waals surface area contributed by atoms with E-state index in [1.165, 1.54) is 6.07 Å². The molecule has 106 valence electrons. The van der Waals surface area contributed by atoms with Crippen molar-refractivity contribution in [2.75, 3.05) is 12.3 Å². The second-order valence-corrected chi connectivity index (χ2v) is 5.99. The number of nitrogen functional groups attached to an aromatic ring is 1. The number of aryl methyl sites for hydroxylation is 2. The van der Waals surface area contributed by atoms with Gasteiger partial charge >= 0.3 is 6.03 Å². The summed E-state index contributed by atoms with van der Waals surface area (Å²) in [4.78, 5) is 11.3. The van der Waals surface area contributed by atoms with Crippen LogP contribution in [0, 0.1) is 13.8 Å². The topological polar surface area (TPSA) is 101 Å². The van der Waals surface area contributed by atoms with Gasteiger partial charge in [0.05, 0.1) is 5.69 Å². The molecule has 0 aromatic heterocycles. The van der Waals surface area contributed by atoms with E-state index in [4.69, 9.17) is 5.73 Å². The van der Waals surface area contributed by atoms with Crippen LogP contribution < -0.4 is 15.8 Å². The SMILES string of the molecule is CCCNC(=O)NS(=O)(=O)c1cc(C)c(C)cc1N. The van der Waals surface area contributed by atoms with E-state index in [0.717, 1.165) is 17.5 Å². The Hall–Kier alpha value is -1.76. The van der Waals surface area contributed by atoms with Crippen molar-refractivity contribution in [3.8, 4) is 0 Å². The van der Waals surface area contributed by atoms with Gasteiger partial charge in [0.15, 0.2) is 0 Å². The molecule has 0 heterocycles. The molecule has 2 amide bonds. The Balaban J connectivity index is 3.01. The summed E-state index contributed by atoms with van der Waals surface area (Å²) in [5.74, 6) is 0. The summed E-state index contributed by atoms with van der Waals surface area (Å²) in [5, 5.41) is 2.43. The van der Waals surface area contributed by atoms with Crippen molar-refractivity contribution in [3.05, 3.63) is 23.3 Å². The summed E-state index contributed by atoms with van der Waals surface area (Å²) < 4.78 is 26.0. The van der Waals surface area contributed by atoms with Gasteiger partial charge in [-0.2, -0.15) is 0 Å². The highest BCUT2D eigenvalue weighted by Gasteiger charge is 2.20. The molecule has 0 aliphatic carbocycles. The van der Waals surface area contributed by atoms with Gasteiger partial charge in [-0.15, -0.1) is 0 Å². The molecule has 19 heavy (non-hydrogen) atoms. The van der Waals surface area contributed by atoms with E-state index >= 15 is 0 Å². The van der Waals surface area contributed by atoms with Gasteiger partial charge in [-0.1, -0.05) is 6.92 Å². The minimum absolute atomic E-state index is 0.0813. The molecule has 0 fully saturated rings. The van der Waals surface area contributed by atoms with Gasteiger partial charge in [0, 0.05) is 6.54 Å². The maximum atomic E-state index is 12.0. The van der Waals surface area contributed by atoms with Crippen LogP contribution in [0.25, 0.3) is 0 Å². The first-order chi connectivity index (χ1) is 8.77. The molecule has 0 bridgehead atoms. The number of nitrogens with one attached hydrogen (secondary N) is 2. The standard InChI is InChI=1S/C12H19N3O3S/c1-4-5-14-12(16)15-19(17,18)11-7-9(3)8(2)6-10(11)13/h6-7H,4-5,13H2,1-3H3,(H2,14,15,16). The predicted octanol–water partition coefficient (Wildman–Crippen LogP) is 1.28. The molecule has 0 saturated heterocycles. The molecular formula is C12H19N3O3S. The van der Waals surface area contributed by atoms with Crippen LogP contribution >= 0.6 is 0 Å². The smallest absolute Gasteiger partial charge is 0.328 e. The number of carbonyl (C=O) groups excluding carboxylic acids is 1. The molecule has 7 heteroatoms. The molecule has 0 aliphatic rings. The van der Waals surface area contributed by atoms with Crippen LogP contribution in [0.5, 0.6) is 0 Å². The lowest BCUT2D eigenvalue weighted by Gasteiger charge is -2.12. The molecule has 0 aliphatic heterocycles. The highest BCUT2D eigenvalue weighted by Crippen LogP contribution is 2.22. The maximum absolute atomic E-state index is 12.0. The van der Waals surface area contributed by atoms with Crippen LogP contribution in [-0.4, -0.2) is 21.0 Å². The molecular weight excluding hydrogens is 266 g/mol. The van der Waals surface area contributed by atoms with Gasteiger partial charge in [0.1, 0.15) is 4.90 Å². The highest BCUT2D eigenvalue weighted by atomic mass is 32.2. The van der Waals surface area contributed by atoms with Gasteiger partial charge in [0.2, 0.25) is 0 Å². The average molecular weight is 285 g/mol. The maximum Gasteiger partial charge on any atom is 0.328 e. The Morgan fingerprint density at radius 3 is 2.42 bits per heavy atom. The van der Waals surface area contributed by atoms with Crippen molar-refractivity contribution in [1.29, 1.82) is 0 Å². The fraction of sp³-hybridized carbons (Fsp3) is 0.417. The van der Waals surface area contributed by atoms with E-state index in [-0.39, 0.29) is 10.6 Å². The first kappa shape index (κ1) is 15.3. The number of urea groups is 1. The highest BCUT2D eigenvalue weighted by molar-refractivity contribution is 7.90. The number of carbonyl (C=O) groups is 1. The van der Waals surface area contributed by atoms with Gasteiger partial charge in [-0.3, -0.25) is 0 Å². The second kappa shape index (κ2) is 5.92. The number of sulfonamides is 1. The Morgan fingerprint density at radius 1 is 1.26 bits per heavy atom. The molecule has 6 nitrogen and oxygen atoms in total. The van der Waals surface area contributed by atoms with E-state index in [0.29, 0.717) is 6.54 Å². The Labute approximate surface area is 113 Å². The number of nitrogens with two attached hydrogens (primary N) is 1. The van der Waals surface area contributed by atoms with Crippen molar-refractivity contribution in [1.82, 2.24) is 10.0 Å². The summed E-state index contributed by atoms with van der Waals surface area (Å²) in [6.45, 7) is 5.90. The van der Waals surface area contributed by atoms with Crippen molar-refractivity contribution >= 4 is 21.7 Å². The van der Waals surface area contributed by atoms with Crippen molar-refractivity contribution in [3.63, 3.8) is 0 Å². The molecule has 0 atom stereocenters. The van der Waals surface area contributed by atoms with Gasteiger partial charge in [-0.25, -0.2) is 17.9 Å². The molecule has 0 radical (unpaired) electrons. The van der Waals surface area contributed by atoms with Crippen LogP contribution in [0.3, 0.4) is 0 Å². The lowest BCUT2D eigenvalue weighted by molar-refractivity contribution is 0.246. The van der Waals surface area contributed by atoms with E-state index in [1.807, 2.05) is 18.6 Å². The quantitative estimate of drug-likeness (QED) is 0.725. The summed E-state index contributed by atoms with van der Waals surface area (Å²) in [6, 6.07) is 2.29. The molecule has 0 unspecified atom stereocenters. The third kappa shape index (κ3) is 3.85. The molecule has 1 aromatic carbocycles. The van der Waals surface area contributed by atoms with E-state index in [9.17, 15) is 13.2 Å². The number of hydrogen-bond donors (Lipinski definition) is 3. The average Bonchev–Trinajstić information content (AvgIpc) is 2.30. The largest absolute Gasteiger partial charge is 0.398 e. The molecule has 0 spiro atoms. The van der Waals surface area contributed by atoms with Crippen molar-refractivity contribution < 1.29 is 13.2 Å². The number of hydrogen-bond acceptors (Lipinski definition) is 4. The van der Waals surface area contributed by atoms with Gasteiger partial charge in [0.25, 0.3) is 10.0 Å². The summed E-state index contributed by atoms with van der Waals surface area (Å²) in [7, 11) is -3.95. The molecule has 0 saturated carbocycles. The normalized spacial score (nSPS) is 11.1. The van der Waals surface area contributed by atoms with E-state index in [1.54, 1.807) is 13.0 Å². The summed E-state index contributed by atoms with van der Waals surface area (Å²) >= 11 is 0. The minimum atomic E-state index is -3.95. The van der Waals surface area contributed by atoms with Gasteiger partial charge < -0.3 is 11.1 Å². The fourth-order valence-electron chi connectivity index (χ4n) is 1.50. The minimum Gasteiger partial charge on any atom is -0.398 e. The molecule has 4 N–H and O–H groups in total. The van der Waals surface area contributed by atoms with Crippen LogP contribution in [0.15, 0.2) is 17.0 Å². The van der Waals surface area contributed by atoms with Gasteiger partial charge in [-0.05, 0) is 43.5 Å². The van der Waals surface area contributed by atoms with Crippen LogP contribution in [0.1, 0.15) is 24.5 Å². The van der Waals surface area contributed by atoms with Crippen LogP contribution in [-0.2, 0) is 10.0 Å². The van der Waals surface area contributed by atoms with E-state index in [2.05, 4.69) is 5.32 Å². The number of anilines is 1. The number of benzene rings is 1. The lowest BCUT2D eigenvalue weighted by Crippen LogP contribution is -2.39. The van der Waals surface area contributed by atoms with Crippen molar-refractivity contribution in [2.45, 2.75) is 32.1 Å². The third-order valence-electron chi connectivity index (χ3n) is 2.68.